The summed E-state index contributed by atoms with van der Waals surface area (Å²) in [6.07, 6.45) is 2.12. The average molecular weight is 360 g/mol. The van der Waals surface area contributed by atoms with E-state index in [-0.39, 0.29) is 0 Å². The van der Waals surface area contributed by atoms with Crippen LogP contribution in [-0.2, 0) is 0 Å². The molecule has 4 heteroatoms. The lowest BCUT2D eigenvalue weighted by molar-refractivity contribution is 0.766. The van der Waals surface area contributed by atoms with Crippen molar-refractivity contribution in [3.63, 3.8) is 0 Å². The van der Waals surface area contributed by atoms with E-state index in [0.717, 1.165) is 33.2 Å². The fourth-order valence-electron chi connectivity index (χ4n) is 3.90. The summed E-state index contributed by atoms with van der Waals surface area (Å²) in [5, 5.41) is 13.1. The number of nitrogens with zero attached hydrogens (tertiary/aromatic N) is 4. The first-order valence-electron chi connectivity index (χ1n) is 9.29. The van der Waals surface area contributed by atoms with Crippen LogP contribution >= 0.6 is 0 Å². The Kier molecular flexibility index (Phi) is 3.14. The molecule has 0 aliphatic rings. The molecule has 0 N–H and O–H groups in total. The highest BCUT2D eigenvalue weighted by molar-refractivity contribution is 6.08. The molecule has 2 heterocycles. The van der Waals surface area contributed by atoms with E-state index in [1.165, 1.54) is 10.9 Å². The lowest BCUT2D eigenvalue weighted by Gasteiger charge is -2.10. The quantitative estimate of drug-likeness (QED) is 0.408. The van der Waals surface area contributed by atoms with Crippen molar-refractivity contribution in [2.45, 2.75) is 0 Å². The van der Waals surface area contributed by atoms with Gasteiger partial charge in [-0.1, -0.05) is 60.7 Å². The summed E-state index contributed by atoms with van der Waals surface area (Å²) in [4.78, 5) is 1.72. The zero-order valence-corrected chi connectivity index (χ0v) is 15.0. The predicted molar refractivity (Wildman–Crippen MR) is 113 cm³/mol. The molecule has 6 rings (SSSR count). The molecule has 0 spiro atoms. The number of benzene rings is 4. The third-order valence-electron chi connectivity index (χ3n) is 5.22. The van der Waals surface area contributed by atoms with Crippen LogP contribution in [-0.4, -0.2) is 19.6 Å². The van der Waals surface area contributed by atoms with E-state index >= 15 is 0 Å². The van der Waals surface area contributed by atoms with Gasteiger partial charge in [0.05, 0.1) is 16.9 Å². The minimum atomic E-state index is 0.885. The first-order valence-corrected chi connectivity index (χ1v) is 9.29. The van der Waals surface area contributed by atoms with Crippen molar-refractivity contribution >= 4 is 32.7 Å². The van der Waals surface area contributed by atoms with E-state index in [2.05, 4.69) is 71.4 Å². The Balaban J connectivity index is 1.69. The Morgan fingerprint density at radius 1 is 0.643 bits per heavy atom. The van der Waals surface area contributed by atoms with Crippen molar-refractivity contribution in [2.24, 2.45) is 0 Å². The van der Waals surface area contributed by atoms with Crippen molar-refractivity contribution in [1.29, 1.82) is 0 Å². The molecule has 28 heavy (non-hydrogen) atoms. The van der Waals surface area contributed by atoms with Gasteiger partial charge in [0.15, 0.2) is 0 Å². The zero-order valence-electron chi connectivity index (χ0n) is 15.0. The summed E-state index contributed by atoms with van der Waals surface area (Å²) in [6, 6.07) is 31.1. The van der Waals surface area contributed by atoms with E-state index in [1.54, 1.807) is 4.80 Å². The SMILES string of the molecule is c1ccc(-n2nc3cc(-n4ccc5ccccc54)c4ccccc4c3n2)cc1. The largest absolute Gasteiger partial charge is 0.316 e. The second-order valence-corrected chi connectivity index (χ2v) is 6.88. The second-order valence-electron chi connectivity index (χ2n) is 6.88. The molecule has 0 bridgehead atoms. The van der Waals surface area contributed by atoms with Crippen LogP contribution in [0.3, 0.4) is 0 Å². The van der Waals surface area contributed by atoms with Crippen LogP contribution < -0.4 is 0 Å². The molecule has 0 amide bonds. The monoisotopic (exact) mass is 360 g/mol. The minimum Gasteiger partial charge on any atom is -0.316 e. The topological polar surface area (TPSA) is 35.6 Å². The first kappa shape index (κ1) is 15.2. The summed E-state index contributed by atoms with van der Waals surface area (Å²) in [7, 11) is 0. The highest BCUT2D eigenvalue weighted by Gasteiger charge is 2.14. The molecule has 2 aromatic heterocycles. The van der Waals surface area contributed by atoms with E-state index in [1.807, 2.05) is 30.3 Å². The van der Waals surface area contributed by atoms with Gasteiger partial charge in [-0.05, 0) is 35.7 Å². The van der Waals surface area contributed by atoms with Crippen molar-refractivity contribution in [1.82, 2.24) is 19.6 Å². The van der Waals surface area contributed by atoms with Gasteiger partial charge < -0.3 is 4.57 Å². The molecular weight excluding hydrogens is 344 g/mol. The maximum atomic E-state index is 4.79. The fraction of sp³-hybridized carbons (Fsp3) is 0. The highest BCUT2D eigenvalue weighted by Crippen LogP contribution is 2.31. The van der Waals surface area contributed by atoms with Crippen LogP contribution in [0.2, 0.25) is 0 Å². The minimum absolute atomic E-state index is 0.885. The summed E-state index contributed by atoms with van der Waals surface area (Å²) in [6.45, 7) is 0. The second kappa shape index (κ2) is 5.79. The standard InChI is InChI=1S/C24H16N4/c1-2-9-18(10-3-1)28-25-21-16-23(19-11-5-6-12-20(19)24(21)26-28)27-15-14-17-8-4-7-13-22(17)27/h1-16H. The molecule has 0 aliphatic heterocycles. The third-order valence-corrected chi connectivity index (χ3v) is 5.22. The van der Waals surface area contributed by atoms with Gasteiger partial charge in [-0.15, -0.1) is 10.2 Å². The fourth-order valence-corrected chi connectivity index (χ4v) is 3.90. The van der Waals surface area contributed by atoms with Crippen molar-refractivity contribution in [3.8, 4) is 11.4 Å². The van der Waals surface area contributed by atoms with Gasteiger partial charge in [0, 0.05) is 17.0 Å². The van der Waals surface area contributed by atoms with Gasteiger partial charge in [0.25, 0.3) is 0 Å². The maximum absolute atomic E-state index is 4.79. The zero-order chi connectivity index (χ0) is 18.5. The van der Waals surface area contributed by atoms with E-state index in [9.17, 15) is 0 Å². The van der Waals surface area contributed by atoms with Crippen LogP contribution in [0, 0.1) is 0 Å². The Morgan fingerprint density at radius 3 is 2.29 bits per heavy atom. The molecule has 0 radical (unpaired) electrons. The van der Waals surface area contributed by atoms with Crippen molar-refractivity contribution in [2.75, 3.05) is 0 Å². The highest BCUT2D eigenvalue weighted by atomic mass is 15.5. The molecule has 6 aromatic rings. The molecule has 0 aliphatic carbocycles. The molecule has 132 valence electrons. The first-order chi connectivity index (χ1) is 13.9. The summed E-state index contributed by atoms with van der Waals surface area (Å²) < 4.78 is 2.23. The van der Waals surface area contributed by atoms with Crippen LogP contribution in [0.5, 0.6) is 0 Å². The van der Waals surface area contributed by atoms with Crippen molar-refractivity contribution < 1.29 is 0 Å². The van der Waals surface area contributed by atoms with Gasteiger partial charge in [0.2, 0.25) is 0 Å². The molecular formula is C24H16N4. The molecule has 4 nitrogen and oxygen atoms in total. The van der Waals surface area contributed by atoms with E-state index in [0.29, 0.717) is 0 Å². The summed E-state index contributed by atoms with van der Waals surface area (Å²) in [5.41, 5.74) is 5.05. The van der Waals surface area contributed by atoms with Crippen molar-refractivity contribution in [3.05, 3.63) is 97.2 Å². The molecule has 4 aromatic carbocycles. The Hall–Kier alpha value is -3.92. The van der Waals surface area contributed by atoms with Gasteiger partial charge in [-0.25, -0.2) is 0 Å². The van der Waals surface area contributed by atoms with E-state index in [4.69, 9.17) is 10.2 Å². The normalized spacial score (nSPS) is 11.6. The molecule has 0 saturated carbocycles. The third kappa shape index (κ3) is 2.18. The molecule has 0 unspecified atom stereocenters. The predicted octanol–water partition coefficient (Wildman–Crippen LogP) is 5.52. The van der Waals surface area contributed by atoms with E-state index < -0.39 is 0 Å². The number of para-hydroxylation sites is 2. The Morgan fingerprint density at radius 2 is 1.39 bits per heavy atom. The molecule has 0 atom stereocenters. The average Bonchev–Trinajstić information content (AvgIpc) is 3.38. The smallest absolute Gasteiger partial charge is 0.121 e. The van der Waals surface area contributed by atoms with Crippen LogP contribution in [0.15, 0.2) is 97.2 Å². The van der Waals surface area contributed by atoms with Gasteiger partial charge in [-0.3, -0.25) is 0 Å². The lowest BCUT2D eigenvalue weighted by Crippen LogP contribution is -1.97. The van der Waals surface area contributed by atoms with Crippen LogP contribution in [0.4, 0.5) is 0 Å². The number of fused-ring (bicyclic) bond motifs is 4. The Labute approximate surface area is 161 Å². The summed E-state index contributed by atoms with van der Waals surface area (Å²) >= 11 is 0. The number of hydrogen-bond acceptors (Lipinski definition) is 2. The van der Waals surface area contributed by atoms with Gasteiger partial charge in [0.1, 0.15) is 11.0 Å². The number of rotatable bonds is 2. The molecule has 0 saturated heterocycles. The van der Waals surface area contributed by atoms with Gasteiger partial charge in [-0.2, -0.15) is 4.80 Å². The summed E-state index contributed by atoms with van der Waals surface area (Å²) in [5.74, 6) is 0. The van der Waals surface area contributed by atoms with Gasteiger partial charge >= 0.3 is 0 Å². The Bertz CT molecular complexity index is 1460. The van der Waals surface area contributed by atoms with Crippen LogP contribution in [0.25, 0.3) is 44.1 Å². The van der Waals surface area contributed by atoms with Crippen LogP contribution in [0.1, 0.15) is 0 Å². The lowest BCUT2D eigenvalue weighted by atomic mass is 10.1. The number of aromatic nitrogens is 4. The molecule has 0 fully saturated rings. The number of hydrogen-bond donors (Lipinski definition) is 0. The maximum Gasteiger partial charge on any atom is 0.121 e.